The van der Waals surface area contributed by atoms with Crippen LogP contribution >= 0.6 is 0 Å². The molecule has 2 heterocycles. The van der Waals surface area contributed by atoms with Crippen LogP contribution < -0.4 is 4.74 Å². The van der Waals surface area contributed by atoms with Gasteiger partial charge in [0.25, 0.3) is 0 Å². The van der Waals surface area contributed by atoms with E-state index in [9.17, 15) is 19.8 Å². The third-order valence-electron chi connectivity index (χ3n) is 5.58. The largest absolute Gasteiger partial charge is 0.491 e. The summed E-state index contributed by atoms with van der Waals surface area (Å²) in [5.41, 5.74) is -0.253. The molecule has 2 atom stereocenters. The average molecular weight is 451 g/mol. The number of hydrogen-bond acceptors (Lipinski definition) is 6. The number of benzene rings is 1. The first-order valence-electron chi connectivity index (χ1n) is 11.1. The summed E-state index contributed by atoms with van der Waals surface area (Å²) < 4.78 is 16.9. The Morgan fingerprint density at radius 1 is 1.19 bits per heavy atom. The van der Waals surface area contributed by atoms with Crippen LogP contribution in [0.5, 0.6) is 5.75 Å². The molecule has 2 N–H and O–H groups in total. The lowest BCUT2D eigenvalue weighted by Crippen LogP contribution is -2.59. The van der Waals surface area contributed by atoms with Crippen molar-refractivity contribution in [3.05, 3.63) is 29.8 Å². The van der Waals surface area contributed by atoms with Crippen LogP contribution in [0.1, 0.15) is 51.6 Å². The van der Waals surface area contributed by atoms with Crippen LogP contribution in [-0.2, 0) is 14.3 Å². The summed E-state index contributed by atoms with van der Waals surface area (Å²) in [7, 11) is 0. The zero-order valence-electron chi connectivity index (χ0n) is 19.0. The Bertz CT molecular complexity index is 766. The van der Waals surface area contributed by atoms with Crippen molar-refractivity contribution >= 4 is 12.0 Å². The molecule has 1 unspecified atom stereocenters. The SMILES string of the molecule is CC(C)(C)N(C(=O)O)[C@H](C(=O)N1CC(O)C1)c1ccc(OCCOC2CCCCO2)cc1. The quantitative estimate of drug-likeness (QED) is 0.586. The molecule has 2 saturated heterocycles. The topological polar surface area (TPSA) is 109 Å². The molecule has 32 heavy (non-hydrogen) atoms. The van der Waals surface area contributed by atoms with E-state index >= 15 is 0 Å². The third kappa shape index (κ3) is 6.11. The standard InChI is InChI=1S/C23H34N2O7/c1-23(2,3)25(22(28)29)20(21(27)24-14-17(26)15-24)16-7-9-18(10-8-16)30-12-13-32-19-6-4-5-11-31-19/h7-10,17,19-20,26H,4-6,11-15H2,1-3H3,(H,28,29)/t19?,20-/m0/s1. The highest BCUT2D eigenvalue weighted by Crippen LogP contribution is 2.32. The van der Waals surface area contributed by atoms with Crippen molar-refractivity contribution in [1.29, 1.82) is 0 Å². The molecule has 0 bridgehead atoms. The fourth-order valence-corrected chi connectivity index (χ4v) is 3.92. The van der Waals surface area contributed by atoms with Crippen LogP contribution in [-0.4, -0.2) is 82.9 Å². The van der Waals surface area contributed by atoms with Gasteiger partial charge in [0, 0.05) is 25.2 Å². The van der Waals surface area contributed by atoms with E-state index in [1.54, 1.807) is 45.0 Å². The van der Waals surface area contributed by atoms with Gasteiger partial charge < -0.3 is 29.3 Å². The lowest BCUT2D eigenvalue weighted by Gasteiger charge is -2.44. The fraction of sp³-hybridized carbons (Fsp3) is 0.652. The molecule has 2 amide bonds. The summed E-state index contributed by atoms with van der Waals surface area (Å²) in [6.45, 7) is 7.15. The first-order valence-corrected chi connectivity index (χ1v) is 11.1. The molecule has 9 heteroatoms. The fourth-order valence-electron chi connectivity index (χ4n) is 3.92. The number of amides is 2. The van der Waals surface area contributed by atoms with E-state index in [2.05, 4.69) is 0 Å². The number of carbonyl (C=O) groups is 2. The van der Waals surface area contributed by atoms with Gasteiger partial charge in [-0.25, -0.2) is 4.79 Å². The van der Waals surface area contributed by atoms with E-state index in [1.165, 1.54) is 4.90 Å². The second-order valence-corrected chi connectivity index (χ2v) is 9.21. The second-order valence-electron chi connectivity index (χ2n) is 9.21. The molecule has 1 aromatic carbocycles. The number of likely N-dealkylation sites (tertiary alicyclic amines) is 1. The maximum Gasteiger partial charge on any atom is 0.408 e. The summed E-state index contributed by atoms with van der Waals surface area (Å²) in [5.74, 6) is 0.257. The highest BCUT2D eigenvalue weighted by Gasteiger charge is 2.43. The molecule has 1 aromatic rings. The monoisotopic (exact) mass is 450 g/mol. The summed E-state index contributed by atoms with van der Waals surface area (Å²) in [5, 5.41) is 19.5. The molecule has 2 aliphatic rings. The maximum atomic E-state index is 13.2. The molecule has 3 rings (SSSR count). The number of ether oxygens (including phenoxy) is 3. The van der Waals surface area contributed by atoms with Crippen molar-refractivity contribution in [1.82, 2.24) is 9.80 Å². The molecule has 0 aromatic heterocycles. The molecule has 0 spiro atoms. The summed E-state index contributed by atoms with van der Waals surface area (Å²) in [6, 6.07) is 5.85. The Balaban J connectivity index is 1.66. The number of nitrogens with zero attached hydrogens (tertiary/aromatic N) is 2. The van der Waals surface area contributed by atoms with E-state index in [1.807, 2.05) is 0 Å². The van der Waals surface area contributed by atoms with E-state index in [0.29, 0.717) is 24.5 Å². The minimum Gasteiger partial charge on any atom is -0.491 e. The number of hydrogen-bond donors (Lipinski definition) is 2. The molecule has 178 valence electrons. The second kappa shape index (κ2) is 10.5. The van der Waals surface area contributed by atoms with E-state index in [0.717, 1.165) is 30.8 Å². The van der Waals surface area contributed by atoms with Gasteiger partial charge in [-0.05, 0) is 57.7 Å². The zero-order valence-corrected chi connectivity index (χ0v) is 19.0. The number of aliphatic hydroxyl groups excluding tert-OH is 1. The summed E-state index contributed by atoms with van der Waals surface area (Å²) in [6.07, 6.45) is 1.15. The number of β-amino-alcohol motifs (C(OH)–C–C–N with tert-alkyl or cyclic N) is 1. The predicted molar refractivity (Wildman–Crippen MR) is 116 cm³/mol. The molecule has 2 fully saturated rings. The Morgan fingerprint density at radius 2 is 1.88 bits per heavy atom. The lowest BCUT2D eigenvalue weighted by molar-refractivity contribution is -0.165. The minimum atomic E-state index is -1.18. The maximum absolute atomic E-state index is 13.2. The van der Waals surface area contributed by atoms with Gasteiger partial charge in [0.15, 0.2) is 6.29 Å². The highest BCUT2D eigenvalue weighted by molar-refractivity contribution is 5.87. The third-order valence-corrected chi connectivity index (χ3v) is 5.58. The molecule has 2 aliphatic heterocycles. The van der Waals surface area contributed by atoms with Crippen LogP contribution in [0.25, 0.3) is 0 Å². The smallest absolute Gasteiger partial charge is 0.408 e. The highest BCUT2D eigenvalue weighted by atomic mass is 16.7. The minimum absolute atomic E-state index is 0.166. The molecular weight excluding hydrogens is 416 g/mol. The van der Waals surface area contributed by atoms with E-state index < -0.39 is 23.8 Å². The molecule has 0 radical (unpaired) electrons. The normalized spacial score (nSPS) is 20.4. The van der Waals surface area contributed by atoms with Crippen LogP contribution in [0, 0.1) is 0 Å². The van der Waals surface area contributed by atoms with Crippen molar-refractivity contribution in [2.24, 2.45) is 0 Å². The van der Waals surface area contributed by atoms with Gasteiger partial charge in [-0.15, -0.1) is 0 Å². The molecule has 0 saturated carbocycles. The Labute approximate surface area is 188 Å². The van der Waals surface area contributed by atoms with Gasteiger partial charge in [0.1, 0.15) is 18.4 Å². The van der Waals surface area contributed by atoms with Gasteiger partial charge in [0.05, 0.1) is 12.7 Å². The molecule has 9 nitrogen and oxygen atoms in total. The number of rotatable bonds is 8. The number of aliphatic hydroxyl groups is 1. The van der Waals surface area contributed by atoms with Gasteiger partial charge in [-0.1, -0.05) is 12.1 Å². The average Bonchev–Trinajstić information content (AvgIpc) is 2.72. The Kier molecular flexibility index (Phi) is 7.97. The van der Waals surface area contributed by atoms with Crippen LogP contribution in [0.15, 0.2) is 24.3 Å². The first-order chi connectivity index (χ1) is 15.2. The van der Waals surface area contributed by atoms with Gasteiger partial charge >= 0.3 is 6.09 Å². The van der Waals surface area contributed by atoms with Crippen molar-refractivity contribution < 1.29 is 34.0 Å². The van der Waals surface area contributed by atoms with Crippen molar-refractivity contribution in [2.75, 3.05) is 32.9 Å². The Hall–Kier alpha value is -2.36. The predicted octanol–water partition coefficient (Wildman–Crippen LogP) is 2.63. The van der Waals surface area contributed by atoms with Crippen LogP contribution in [0.3, 0.4) is 0 Å². The van der Waals surface area contributed by atoms with Crippen molar-refractivity contribution in [2.45, 2.75) is 64.0 Å². The molecular formula is C23H34N2O7. The van der Waals surface area contributed by atoms with Crippen molar-refractivity contribution in [3.8, 4) is 5.75 Å². The molecule has 0 aliphatic carbocycles. The van der Waals surface area contributed by atoms with Crippen molar-refractivity contribution in [3.63, 3.8) is 0 Å². The number of carbonyl (C=O) groups excluding carboxylic acids is 1. The van der Waals surface area contributed by atoms with Gasteiger partial charge in [-0.2, -0.15) is 0 Å². The first kappa shape index (κ1) is 24.3. The van der Waals surface area contributed by atoms with Gasteiger partial charge in [-0.3, -0.25) is 9.69 Å². The van der Waals surface area contributed by atoms with Gasteiger partial charge in [0.2, 0.25) is 5.91 Å². The zero-order chi connectivity index (χ0) is 23.3. The summed E-state index contributed by atoms with van der Waals surface area (Å²) in [4.78, 5) is 27.9. The summed E-state index contributed by atoms with van der Waals surface area (Å²) >= 11 is 0. The Morgan fingerprint density at radius 3 is 2.41 bits per heavy atom. The van der Waals surface area contributed by atoms with Crippen LogP contribution in [0.2, 0.25) is 0 Å². The van der Waals surface area contributed by atoms with E-state index in [4.69, 9.17) is 14.2 Å². The lowest BCUT2D eigenvalue weighted by atomic mass is 9.96. The number of carboxylic acid groups (broad SMARTS) is 1. The van der Waals surface area contributed by atoms with Crippen LogP contribution in [0.4, 0.5) is 4.79 Å². The van der Waals surface area contributed by atoms with E-state index in [-0.39, 0.29) is 25.3 Å².